The Balaban J connectivity index is 2.60. The molecule has 3 heteroatoms. The molecule has 1 aromatic carbocycles. The van der Waals surface area contributed by atoms with E-state index < -0.39 is 0 Å². The van der Waals surface area contributed by atoms with Crippen LogP contribution in [0.25, 0.3) is 0 Å². The van der Waals surface area contributed by atoms with Crippen molar-refractivity contribution >= 4 is 0 Å². The normalized spacial score (nSPS) is 12.9. The Morgan fingerprint density at radius 1 is 1.26 bits per heavy atom. The third-order valence-electron chi connectivity index (χ3n) is 3.02. The summed E-state index contributed by atoms with van der Waals surface area (Å²) in [6.45, 7) is 8.70. The van der Waals surface area contributed by atoms with Crippen molar-refractivity contribution < 1.29 is 9.13 Å². The van der Waals surface area contributed by atoms with Crippen LogP contribution in [-0.2, 0) is 4.74 Å². The van der Waals surface area contributed by atoms with Gasteiger partial charge in [-0.15, -0.1) is 0 Å². The van der Waals surface area contributed by atoms with Gasteiger partial charge in [-0.2, -0.15) is 0 Å². The molecular formula is C16H26FNO. The molecule has 1 rings (SSSR count). The average Bonchev–Trinajstić information content (AvgIpc) is 2.37. The maximum absolute atomic E-state index is 13.8. The topological polar surface area (TPSA) is 21.3 Å². The molecule has 2 nitrogen and oxygen atoms in total. The van der Waals surface area contributed by atoms with Gasteiger partial charge in [-0.25, -0.2) is 4.39 Å². The Bertz CT molecular complexity index is 354. The molecule has 108 valence electrons. The molecule has 1 aromatic rings. The second-order valence-electron chi connectivity index (χ2n) is 5.27. The smallest absolute Gasteiger partial charge is 0.129 e. The first-order valence-electron chi connectivity index (χ1n) is 7.21. The largest absolute Gasteiger partial charge is 0.372 e. The van der Waals surface area contributed by atoms with Crippen LogP contribution < -0.4 is 5.32 Å². The fourth-order valence-electron chi connectivity index (χ4n) is 1.85. The van der Waals surface area contributed by atoms with E-state index in [4.69, 9.17) is 4.74 Å². The van der Waals surface area contributed by atoms with E-state index in [-0.39, 0.29) is 11.9 Å². The summed E-state index contributed by atoms with van der Waals surface area (Å²) in [5.74, 6) is 0.417. The van der Waals surface area contributed by atoms with Crippen molar-refractivity contribution in [1.29, 1.82) is 0 Å². The number of halogens is 1. The minimum absolute atomic E-state index is 0.185. The highest BCUT2D eigenvalue weighted by atomic mass is 19.1. The second-order valence-corrected chi connectivity index (χ2v) is 5.27. The summed E-state index contributed by atoms with van der Waals surface area (Å²) in [6.07, 6.45) is 1.86. The van der Waals surface area contributed by atoms with Gasteiger partial charge >= 0.3 is 0 Å². The van der Waals surface area contributed by atoms with E-state index in [1.807, 2.05) is 12.1 Å². The predicted molar refractivity (Wildman–Crippen MR) is 77.7 cm³/mol. The lowest BCUT2D eigenvalue weighted by molar-refractivity contribution is 0.0436. The lowest BCUT2D eigenvalue weighted by Gasteiger charge is -2.20. The average molecular weight is 267 g/mol. The number of ether oxygens (including phenoxy) is 1. The highest BCUT2D eigenvalue weighted by molar-refractivity contribution is 5.20. The molecule has 0 spiro atoms. The maximum Gasteiger partial charge on any atom is 0.129 e. The fraction of sp³-hybridized carbons (Fsp3) is 0.625. The molecule has 0 aliphatic carbocycles. The van der Waals surface area contributed by atoms with Crippen molar-refractivity contribution in [2.24, 2.45) is 5.92 Å². The van der Waals surface area contributed by atoms with Crippen LogP contribution in [0.3, 0.4) is 0 Å². The maximum atomic E-state index is 13.8. The Morgan fingerprint density at radius 2 is 2.00 bits per heavy atom. The van der Waals surface area contributed by atoms with Crippen molar-refractivity contribution in [2.75, 3.05) is 19.7 Å². The minimum Gasteiger partial charge on any atom is -0.372 e. The van der Waals surface area contributed by atoms with Gasteiger partial charge in [0.2, 0.25) is 0 Å². The summed E-state index contributed by atoms with van der Waals surface area (Å²) in [7, 11) is 0. The molecule has 19 heavy (non-hydrogen) atoms. The van der Waals surface area contributed by atoms with E-state index in [0.29, 0.717) is 24.6 Å². The fourth-order valence-corrected chi connectivity index (χ4v) is 1.85. The van der Waals surface area contributed by atoms with Gasteiger partial charge in [0.25, 0.3) is 0 Å². The number of hydrogen-bond acceptors (Lipinski definition) is 2. The molecule has 1 N–H and O–H groups in total. The monoisotopic (exact) mass is 267 g/mol. The van der Waals surface area contributed by atoms with E-state index in [0.717, 1.165) is 19.4 Å². The van der Waals surface area contributed by atoms with Crippen molar-refractivity contribution in [3.8, 4) is 0 Å². The first kappa shape index (κ1) is 16.1. The van der Waals surface area contributed by atoms with Gasteiger partial charge in [0.1, 0.15) is 5.82 Å². The number of benzene rings is 1. The zero-order valence-electron chi connectivity index (χ0n) is 12.3. The summed E-state index contributed by atoms with van der Waals surface area (Å²) in [5.41, 5.74) is 0.648. The summed E-state index contributed by atoms with van der Waals surface area (Å²) in [5, 5.41) is 3.31. The predicted octanol–water partition coefficient (Wildman–Crippen LogP) is 3.93. The zero-order chi connectivity index (χ0) is 14.1. The van der Waals surface area contributed by atoms with Crippen LogP contribution in [0, 0.1) is 11.7 Å². The van der Waals surface area contributed by atoms with E-state index in [1.54, 1.807) is 6.07 Å². The van der Waals surface area contributed by atoms with Gasteiger partial charge < -0.3 is 10.1 Å². The quantitative estimate of drug-likeness (QED) is 0.684. The molecule has 0 aliphatic rings. The number of rotatable bonds is 9. The molecule has 0 aliphatic heterocycles. The standard InChI is InChI=1S/C16H26FNO/c1-4-10-18-12-16(19-11-9-13(2)3)14-7-5-6-8-15(14)17/h5-8,13,16,18H,4,9-12H2,1-3H3. The van der Waals surface area contributed by atoms with Crippen LogP contribution in [-0.4, -0.2) is 19.7 Å². The van der Waals surface area contributed by atoms with Crippen LogP contribution >= 0.6 is 0 Å². The molecule has 0 heterocycles. The molecule has 0 aromatic heterocycles. The molecule has 0 saturated carbocycles. The minimum atomic E-state index is -0.202. The van der Waals surface area contributed by atoms with Gasteiger partial charge in [-0.1, -0.05) is 39.0 Å². The number of nitrogens with one attached hydrogen (secondary N) is 1. The first-order valence-corrected chi connectivity index (χ1v) is 7.21. The van der Waals surface area contributed by atoms with Crippen LogP contribution in [0.5, 0.6) is 0 Å². The van der Waals surface area contributed by atoms with Gasteiger partial charge in [0.15, 0.2) is 0 Å². The summed E-state index contributed by atoms with van der Waals surface area (Å²) in [4.78, 5) is 0. The van der Waals surface area contributed by atoms with Crippen LogP contribution in [0.15, 0.2) is 24.3 Å². The SMILES string of the molecule is CCCNCC(OCCC(C)C)c1ccccc1F. The lowest BCUT2D eigenvalue weighted by Crippen LogP contribution is -2.25. The molecular weight excluding hydrogens is 241 g/mol. The first-order chi connectivity index (χ1) is 9.15. The summed E-state index contributed by atoms with van der Waals surface area (Å²) < 4.78 is 19.7. The molecule has 0 bridgehead atoms. The molecule has 1 atom stereocenters. The van der Waals surface area contributed by atoms with Crippen LogP contribution in [0.4, 0.5) is 4.39 Å². The van der Waals surface area contributed by atoms with E-state index in [9.17, 15) is 4.39 Å². The molecule has 1 unspecified atom stereocenters. The molecule has 0 radical (unpaired) electrons. The lowest BCUT2D eigenvalue weighted by atomic mass is 10.1. The van der Waals surface area contributed by atoms with E-state index in [2.05, 4.69) is 26.1 Å². The zero-order valence-corrected chi connectivity index (χ0v) is 12.3. The van der Waals surface area contributed by atoms with Crippen molar-refractivity contribution in [2.45, 2.75) is 39.7 Å². The second kappa shape index (κ2) is 9.05. The summed E-state index contributed by atoms with van der Waals surface area (Å²) >= 11 is 0. The summed E-state index contributed by atoms with van der Waals surface area (Å²) in [6, 6.07) is 6.87. The van der Waals surface area contributed by atoms with Gasteiger partial charge in [0, 0.05) is 18.7 Å². The Hall–Kier alpha value is -0.930. The Kier molecular flexibility index (Phi) is 7.68. The van der Waals surface area contributed by atoms with Gasteiger partial charge in [-0.05, 0) is 31.4 Å². The van der Waals surface area contributed by atoms with Gasteiger partial charge in [0.05, 0.1) is 6.10 Å². The Labute approximate surface area is 116 Å². The highest BCUT2D eigenvalue weighted by Gasteiger charge is 2.15. The van der Waals surface area contributed by atoms with Crippen molar-refractivity contribution in [3.63, 3.8) is 0 Å². The van der Waals surface area contributed by atoms with Gasteiger partial charge in [-0.3, -0.25) is 0 Å². The van der Waals surface area contributed by atoms with E-state index in [1.165, 1.54) is 6.07 Å². The van der Waals surface area contributed by atoms with Crippen molar-refractivity contribution in [3.05, 3.63) is 35.6 Å². The molecule has 0 amide bonds. The van der Waals surface area contributed by atoms with Crippen LogP contribution in [0.2, 0.25) is 0 Å². The third-order valence-corrected chi connectivity index (χ3v) is 3.02. The Morgan fingerprint density at radius 3 is 2.63 bits per heavy atom. The van der Waals surface area contributed by atoms with Crippen molar-refractivity contribution in [1.82, 2.24) is 5.32 Å². The van der Waals surface area contributed by atoms with E-state index >= 15 is 0 Å². The molecule has 0 fully saturated rings. The van der Waals surface area contributed by atoms with Crippen LogP contribution in [0.1, 0.15) is 45.3 Å². The molecule has 0 saturated heterocycles. The number of hydrogen-bond donors (Lipinski definition) is 1. The third kappa shape index (κ3) is 6.17. The highest BCUT2D eigenvalue weighted by Crippen LogP contribution is 2.20.